The Morgan fingerprint density at radius 2 is 1.86 bits per heavy atom. The Balaban J connectivity index is 1.73. The lowest BCUT2D eigenvalue weighted by molar-refractivity contribution is 0.318. The average molecular weight is 319 g/mol. The molecular weight excluding hydrogens is 298 g/mol. The Labute approximate surface area is 131 Å². The molecular formula is C16H21N3O2S. The molecule has 5 nitrogen and oxygen atoms in total. The fourth-order valence-electron chi connectivity index (χ4n) is 3.11. The molecule has 0 aliphatic carbocycles. The van der Waals surface area contributed by atoms with Gasteiger partial charge in [-0.3, -0.25) is 0 Å². The SMILES string of the molecule is Cc1ccccc1C1CCN(S(=O)(=O)c2cn(C)cn2)CC1. The molecule has 0 saturated carbocycles. The minimum Gasteiger partial charge on any atom is -0.339 e. The molecule has 2 aromatic rings. The van der Waals surface area contributed by atoms with Gasteiger partial charge in [0.15, 0.2) is 5.03 Å². The van der Waals surface area contributed by atoms with Gasteiger partial charge in [0.25, 0.3) is 10.0 Å². The number of hydrogen-bond acceptors (Lipinski definition) is 3. The Morgan fingerprint density at radius 1 is 1.18 bits per heavy atom. The normalized spacial score (nSPS) is 17.7. The molecule has 1 saturated heterocycles. The second-order valence-corrected chi connectivity index (χ2v) is 7.80. The first-order valence-electron chi connectivity index (χ1n) is 7.52. The van der Waals surface area contributed by atoms with Crippen molar-refractivity contribution in [3.8, 4) is 0 Å². The maximum absolute atomic E-state index is 12.6. The van der Waals surface area contributed by atoms with E-state index >= 15 is 0 Å². The first kappa shape index (κ1) is 15.2. The zero-order valence-corrected chi connectivity index (χ0v) is 13.8. The molecule has 3 rings (SSSR count). The van der Waals surface area contributed by atoms with Gasteiger partial charge in [0, 0.05) is 26.3 Å². The lowest BCUT2D eigenvalue weighted by atomic mass is 9.87. The summed E-state index contributed by atoms with van der Waals surface area (Å²) in [6, 6.07) is 8.37. The van der Waals surface area contributed by atoms with E-state index in [0.717, 1.165) is 12.8 Å². The fraction of sp³-hybridized carbons (Fsp3) is 0.438. The lowest BCUT2D eigenvalue weighted by Crippen LogP contribution is -2.38. The summed E-state index contributed by atoms with van der Waals surface area (Å²) in [4.78, 5) is 3.99. The molecule has 0 N–H and O–H groups in total. The summed E-state index contributed by atoms with van der Waals surface area (Å²) < 4.78 is 28.3. The third-order valence-electron chi connectivity index (χ3n) is 4.37. The van der Waals surface area contributed by atoms with E-state index in [-0.39, 0.29) is 5.03 Å². The molecule has 0 amide bonds. The predicted molar refractivity (Wildman–Crippen MR) is 85.1 cm³/mol. The van der Waals surface area contributed by atoms with Crippen molar-refractivity contribution in [3.05, 3.63) is 47.9 Å². The highest BCUT2D eigenvalue weighted by atomic mass is 32.2. The first-order chi connectivity index (χ1) is 10.5. The summed E-state index contributed by atoms with van der Waals surface area (Å²) in [5.41, 5.74) is 2.63. The van der Waals surface area contributed by atoms with Gasteiger partial charge in [-0.15, -0.1) is 0 Å². The molecule has 1 aromatic carbocycles. The maximum Gasteiger partial charge on any atom is 0.262 e. The van der Waals surface area contributed by atoms with Crippen LogP contribution in [0.2, 0.25) is 0 Å². The summed E-state index contributed by atoms with van der Waals surface area (Å²) in [6.45, 7) is 3.22. The van der Waals surface area contributed by atoms with Crippen molar-refractivity contribution in [2.45, 2.75) is 30.7 Å². The van der Waals surface area contributed by atoms with Gasteiger partial charge in [0.1, 0.15) is 0 Å². The highest BCUT2D eigenvalue weighted by Crippen LogP contribution is 2.31. The molecule has 1 aliphatic heterocycles. The van der Waals surface area contributed by atoms with Crippen molar-refractivity contribution in [1.29, 1.82) is 0 Å². The summed E-state index contributed by atoms with van der Waals surface area (Å²) in [6.07, 6.45) is 4.80. The lowest BCUT2D eigenvalue weighted by Gasteiger charge is -2.31. The van der Waals surface area contributed by atoms with Crippen LogP contribution in [0.1, 0.15) is 29.9 Å². The van der Waals surface area contributed by atoms with Crippen LogP contribution in [0.4, 0.5) is 0 Å². The number of benzene rings is 1. The Morgan fingerprint density at radius 3 is 2.45 bits per heavy atom. The van der Waals surface area contributed by atoms with Gasteiger partial charge in [-0.05, 0) is 36.8 Å². The summed E-state index contributed by atoms with van der Waals surface area (Å²) in [7, 11) is -1.68. The standard InChI is InChI=1S/C16H21N3O2S/c1-13-5-3-4-6-15(13)14-7-9-19(10-8-14)22(20,21)16-11-18(2)12-17-16/h3-6,11-12,14H,7-10H2,1-2H3. The first-order valence-corrected chi connectivity index (χ1v) is 8.96. The molecule has 0 spiro atoms. The second kappa shape index (κ2) is 5.85. The van der Waals surface area contributed by atoms with Crippen LogP contribution in [0.25, 0.3) is 0 Å². The largest absolute Gasteiger partial charge is 0.339 e. The van der Waals surface area contributed by atoms with Gasteiger partial charge < -0.3 is 4.57 Å². The predicted octanol–water partition coefficient (Wildman–Crippen LogP) is 2.30. The summed E-state index contributed by atoms with van der Waals surface area (Å²) in [5, 5.41) is 0.143. The van der Waals surface area contributed by atoms with E-state index in [1.807, 2.05) is 6.07 Å². The third kappa shape index (κ3) is 2.80. The Kier molecular flexibility index (Phi) is 4.06. The topological polar surface area (TPSA) is 55.2 Å². The highest BCUT2D eigenvalue weighted by Gasteiger charge is 2.31. The molecule has 0 bridgehead atoms. The van der Waals surface area contributed by atoms with Crippen LogP contribution in [-0.4, -0.2) is 35.4 Å². The third-order valence-corrected chi connectivity index (χ3v) is 6.15. The number of imidazole rings is 1. The quantitative estimate of drug-likeness (QED) is 0.872. The summed E-state index contributed by atoms with van der Waals surface area (Å²) >= 11 is 0. The molecule has 1 aromatic heterocycles. The van der Waals surface area contributed by atoms with E-state index in [4.69, 9.17) is 0 Å². The average Bonchev–Trinajstić information content (AvgIpc) is 2.95. The molecule has 1 fully saturated rings. The van der Waals surface area contributed by atoms with E-state index in [0.29, 0.717) is 19.0 Å². The molecule has 22 heavy (non-hydrogen) atoms. The zero-order chi connectivity index (χ0) is 15.7. The van der Waals surface area contributed by atoms with Crippen LogP contribution in [0, 0.1) is 6.92 Å². The van der Waals surface area contributed by atoms with Gasteiger partial charge in [0.05, 0.1) is 6.33 Å². The van der Waals surface area contributed by atoms with Crippen LogP contribution in [0.5, 0.6) is 0 Å². The molecule has 2 heterocycles. The molecule has 6 heteroatoms. The van der Waals surface area contributed by atoms with Gasteiger partial charge in [-0.1, -0.05) is 24.3 Å². The fourth-order valence-corrected chi connectivity index (χ4v) is 4.54. The van der Waals surface area contributed by atoms with Crippen LogP contribution in [-0.2, 0) is 17.1 Å². The minimum atomic E-state index is -3.46. The summed E-state index contributed by atoms with van der Waals surface area (Å²) in [5.74, 6) is 0.441. The van der Waals surface area contributed by atoms with Crippen molar-refractivity contribution in [1.82, 2.24) is 13.9 Å². The second-order valence-electron chi connectivity index (χ2n) is 5.91. The van der Waals surface area contributed by atoms with E-state index in [1.54, 1.807) is 22.1 Å². The number of nitrogens with zero attached hydrogens (tertiary/aromatic N) is 3. The number of aromatic nitrogens is 2. The van der Waals surface area contributed by atoms with Crippen LogP contribution in [0.15, 0.2) is 41.8 Å². The van der Waals surface area contributed by atoms with Crippen molar-refractivity contribution in [2.75, 3.05) is 13.1 Å². The number of aryl methyl sites for hydroxylation is 2. The van der Waals surface area contributed by atoms with Gasteiger partial charge >= 0.3 is 0 Å². The number of sulfonamides is 1. The van der Waals surface area contributed by atoms with Gasteiger partial charge in [0.2, 0.25) is 0 Å². The van der Waals surface area contributed by atoms with Crippen molar-refractivity contribution in [3.63, 3.8) is 0 Å². The van der Waals surface area contributed by atoms with E-state index < -0.39 is 10.0 Å². The Bertz CT molecular complexity index is 759. The van der Waals surface area contributed by atoms with Crippen LogP contribution in [0.3, 0.4) is 0 Å². The number of hydrogen-bond donors (Lipinski definition) is 0. The van der Waals surface area contributed by atoms with E-state index in [2.05, 4.69) is 30.1 Å². The minimum absolute atomic E-state index is 0.143. The smallest absolute Gasteiger partial charge is 0.262 e. The number of rotatable bonds is 3. The molecule has 0 radical (unpaired) electrons. The molecule has 0 unspecified atom stereocenters. The highest BCUT2D eigenvalue weighted by molar-refractivity contribution is 7.89. The van der Waals surface area contributed by atoms with E-state index in [9.17, 15) is 8.42 Å². The van der Waals surface area contributed by atoms with Gasteiger partial charge in [-0.25, -0.2) is 13.4 Å². The van der Waals surface area contributed by atoms with Crippen molar-refractivity contribution >= 4 is 10.0 Å². The van der Waals surface area contributed by atoms with Gasteiger partial charge in [-0.2, -0.15) is 4.31 Å². The number of piperidine rings is 1. The molecule has 1 aliphatic rings. The van der Waals surface area contributed by atoms with Crippen molar-refractivity contribution in [2.24, 2.45) is 7.05 Å². The van der Waals surface area contributed by atoms with Crippen molar-refractivity contribution < 1.29 is 8.42 Å². The molecule has 118 valence electrons. The monoisotopic (exact) mass is 319 g/mol. The molecule has 0 atom stereocenters. The Hall–Kier alpha value is -1.66. The van der Waals surface area contributed by atoms with Crippen LogP contribution >= 0.6 is 0 Å². The zero-order valence-electron chi connectivity index (χ0n) is 12.9. The van der Waals surface area contributed by atoms with Crippen LogP contribution < -0.4 is 0 Å². The van der Waals surface area contributed by atoms with E-state index in [1.165, 1.54) is 17.5 Å². The maximum atomic E-state index is 12.6.